The largest absolute Gasteiger partial charge is 0.494 e. The number of nitrogens with zero attached hydrogens (tertiary/aromatic N) is 3. The molecule has 0 bridgehead atoms. The molecule has 0 fully saturated rings. The van der Waals surface area contributed by atoms with E-state index in [9.17, 15) is 4.79 Å². The van der Waals surface area contributed by atoms with Gasteiger partial charge in [-0.3, -0.25) is 4.79 Å². The quantitative estimate of drug-likeness (QED) is 0.797. The lowest BCUT2D eigenvalue weighted by Crippen LogP contribution is -2.39. The number of fused-ring (bicyclic) bond motifs is 1. The molecule has 5 nitrogen and oxygen atoms in total. The molecule has 6 heteroatoms. The Morgan fingerprint density at radius 2 is 2.00 bits per heavy atom. The van der Waals surface area contributed by atoms with Gasteiger partial charge in [-0.05, 0) is 38.3 Å². The number of carbonyl (C=O) groups excluding carboxylic acids is 1. The van der Waals surface area contributed by atoms with Crippen LogP contribution in [0.5, 0.6) is 5.75 Å². The highest BCUT2D eigenvalue weighted by molar-refractivity contribution is 6.29. The molecule has 2 heterocycles. The van der Waals surface area contributed by atoms with E-state index in [0.29, 0.717) is 35.1 Å². The molecule has 0 aliphatic heterocycles. The summed E-state index contributed by atoms with van der Waals surface area (Å²) < 4.78 is 5.07. The Morgan fingerprint density at radius 1 is 1.32 bits per heavy atom. The normalized spacial score (nSPS) is 20.6. The first-order valence-corrected chi connectivity index (χ1v) is 7.41. The SMILES string of the molecule is COc1cnc(C2(C)CCc3nc(Cl)cc(C)c3C2=O)nc1. The molecule has 1 aliphatic rings. The van der Waals surface area contributed by atoms with Crippen molar-refractivity contribution in [2.24, 2.45) is 0 Å². The second-order valence-corrected chi connectivity index (χ2v) is 6.08. The maximum absolute atomic E-state index is 13.0. The molecule has 0 saturated heterocycles. The summed E-state index contributed by atoms with van der Waals surface area (Å²) in [7, 11) is 1.56. The molecule has 1 atom stereocenters. The van der Waals surface area contributed by atoms with Crippen molar-refractivity contribution in [1.29, 1.82) is 0 Å². The Kier molecular flexibility index (Phi) is 3.60. The van der Waals surface area contributed by atoms with Gasteiger partial charge in [-0.15, -0.1) is 0 Å². The third kappa shape index (κ3) is 2.25. The van der Waals surface area contributed by atoms with Gasteiger partial charge < -0.3 is 4.74 Å². The number of hydrogen-bond donors (Lipinski definition) is 0. The molecule has 1 unspecified atom stereocenters. The first-order valence-electron chi connectivity index (χ1n) is 7.03. The fourth-order valence-electron chi connectivity index (χ4n) is 2.86. The highest BCUT2D eigenvalue weighted by Crippen LogP contribution is 2.37. The third-order valence-corrected chi connectivity index (χ3v) is 4.40. The number of ketones is 1. The number of carbonyl (C=O) groups is 1. The van der Waals surface area contributed by atoms with Gasteiger partial charge >= 0.3 is 0 Å². The van der Waals surface area contributed by atoms with Crippen LogP contribution in [0.1, 0.15) is 40.8 Å². The molecule has 0 saturated carbocycles. The van der Waals surface area contributed by atoms with Gasteiger partial charge in [-0.25, -0.2) is 15.0 Å². The number of halogens is 1. The van der Waals surface area contributed by atoms with Gasteiger partial charge in [0.15, 0.2) is 11.5 Å². The summed E-state index contributed by atoms with van der Waals surface area (Å²) in [5.74, 6) is 1.08. The molecule has 2 aromatic rings. The maximum Gasteiger partial charge on any atom is 0.178 e. The van der Waals surface area contributed by atoms with Crippen LogP contribution in [0, 0.1) is 6.92 Å². The van der Waals surface area contributed by atoms with Crippen molar-refractivity contribution in [3.8, 4) is 5.75 Å². The molecule has 22 heavy (non-hydrogen) atoms. The van der Waals surface area contributed by atoms with Gasteiger partial charge in [0, 0.05) is 5.56 Å². The van der Waals surface area contributed by atoms with Crippen molar-refractivity contribution in [2.75, 3.05) is 7.11 Å². The summed E-state index contributed by atoms with van der Waals surface area (Å²) >= 11 is 5.99. The average Bonchev–Trinajstić information content (AvgIpc) is 2.50. The minimum absolute atomic E-state index is 0.000540. The molecule has 1 aliphatic carbocycles. The number of Topliss-reactive ketones (excluding diaryl/α,β-unsaturated/α-hetero) is 1. The fraction of sp³-hybridized carbons (Fsp3) is 0.375. The second-order valence-electron chi connectivity index (χ2n) is 5.69. The summed E-state index contributed by atoms with van der Waals surface area (Å²) in [6, 6.07) is 1.72. The number of methoxy groups -OCH3 is 1. The van der Waals surface area contributed by atoms with Crippen molar-refractivity contribution in [3.63, 3.8) is 0 Å². The Labute approximate surface area is 133 Å². The monoisotopic (exact) mass is 317 g/mol. The van der Waals surface area contributed by atoms with Crippen molar-refractivity contribution in [3.05, 3.63) is 46.3 Å². The van der Waals surface area contributed by atoms with Crippen molar-refractivity contribution >= 4 is 17.4 Å². The Morgan fingerprint density at radius 3 is 2.64 bits per heavy atom. The number of aryl methyl sites for hydroxylation is 2. The summed E-state index contributed by atoms with van der Waals surface area (Å²) in [6.07, 6.45) is 4.46. The Balaban J connectivity index is 2.07. The number of rotatable bonds is 2. The standard InChI is InChI=1S/C16H16ClN3O2/c1-9-6-12(17)20-11-4-5-16(2,14(21)13(9)11)15-18-7-10(22-3)8-19-15/h6-8H,4-5H2,1-3H3. The second kappa shape index (κ2) is 5.32. The van der Waals surface area contributed by atoms with Crippen molar-refractivity contribution in [2.45, 2.75) is 32.1 Å². The maximum atomic E-state index is 13.0. The van der Waals surface area contributed by atoms with Gasteiger partial charge in [0.1, 0.15) is 11.0 Å². The van der Waals surface area contributed by atoms with Crippen LogP contribution in [0.3, 0.4) is 0 Å². The van der Waals surface area contributed by atoms with Gasteiger partial charge in [0.05, 0.1) is 30.6 Å². The predicted molar refractivity (Wildman–Crippen MR) is 82.6 cm³/mol. The van der Waals surface area contributed by atoms with Crippen LogP contribution in [-0.4, -0.2) is 27.8 Å². The van der Waals surface area contributed by atoms with Crippen LogP contribution in [0.4, 0.5) is 0 Å². The lowest BCUT2D eigenvalue weighted by Gasteiger charge is -2.32. The van der Waals surface area contributed by atoms with Crippen LogP contribution in [0.2, 0.25) is 5.15 Å². The van der Waals surface area contributed by atoms with E-state index >= 15 is 0 Å². The van der Waals surface area contributed by atoms with Gasteiger partial charge in [0.2, 0.25) is 0 Å². The topological polar surface area (TPSA) is 65.0 Å². The van der Waals surface area contributed by atoms with Crippen molar-refractivity contribution in [1.82, 2.24) is 15.0 Å². The molecule has 3 rings (SSSR count). The Bertz CT molecular complexity index is 746. The lowest BCUT2D eigenvalue weighted by molar-refractivity contribution is 0.0865. The van der Waals surface area contributed by atoms with E-state index in [4.69, 9.17) is 16.3 Å². The predicted octanol–water partition coefficient (Wildman–Crippen LogP) is 2.93. The first-order chi connectivity index (χ1) is 10.5. The molecule has 0 amide bonds. The zero-order chi connectivity index (χ0) is 15.9. The minimum Gasteiger partial charge on any atom is -0.494 e. The highest BCUT2D eigenvalue weighted by atomic mass is 35.5. The van der Waals surface area contributed by atoms with Crippen molar-refractivity contribution < 1.29 is 9.53 Å². The Hall–Kier alpha value is -2.01. The van der Waals surface area contributed by atoms with Crippen LogP contribution in [0.15, 0.2) is 18.5 Å². The van der Waals surface area contributed by atoms with Gasteiger partial charge in [-0.1, -0.05) is 11.6 Å². The van der Waals surface area contributed by atoms with Gasteiger partial charge in [-0.2, -0.15) is 0 Å². The summed E-state index contributed by atoms with van der Waals surface area (Å²) in [5.41, 5.74) is 1.51. The lowest BCUT2D eigenvalue weighted by atomic mass is 9.71. The smallest absolute Gasteiger partial charge is 0.178 e. The van der Waals surface area contributed by atoms with Crippen LogP contribution in [-0.2, 0) is 11.8 Å². The van der Waals surface area contributed by atoms with E-state index in [1.165, 1.54) is 0 Å². The molecule has 2 aromatic heterocycles. The molecule has 0 aromatic carbocycles. The van der Waals surface area contributed by atoms with Gasteiger partial charge in [0.25, 0.3) is 0 Å². The van der Waals surface area contributed by atoms with Crippen LogP contribution in [0.25, 0.3) is 0 Å². The van der Waals surface area contributed by atoms with E-state index in [2.05, 4.69) is 15.0 Å². The number of aromatic nitrogens is 3. The average molecular weight is 318 g/mol. The fourth-order valence-corrected chi connectivity index (χ4v) is 3.13. The highest BCUT2D eigenvalue weighted by Gasteiger charge is 2.43. The number of ether oxygens (including phenoxy) is 1. The van der Waals surface area contributed by atoms with Crippen LogP contribution < -0.4 is 4.74 Å². The summed E-state index contributed by atoms with van der Waals surface area (Å²) in [4.78, 5) is 26.0. The summed E-state index contributed by atoms with van der Waals surface area (Å²) in [6.45, 7) is 3.76. The van der Waals surface area contributed by atoms with E-state index in [-0.39, 0.29) is 5.78 Å². The molecular weight excluding hydrogens is 302 g/mol. The van der Waals surface area contributed by atoms with E-state index in [1.807, 2.05) is 13.8 Å². The van der Waals surface area contributed by atoms with Crippen LogP contribution >= 0.6 is 11.6 Å². The van der Waals surface area contributed by atoms with E-state index in [1.54, 1.807) is 25.6 Å². The number of hydrogen-bond acceptors (Lipinski definition) is 5. The first kappa shape index (κ1) is 14.9. The molecule has 0 N–H and O–H groups in total. The molecule has 0 spiro atoms. The van der Waals surface area contributed by atoms with E-state index in [0.717, 1.165) is 11.3 Å². The third-order valence-electron chi connectivity index (χ3n) is 4.21. The molecular formula is C16H16ClN3O2. The minimum atomic E-state index is -0.750. The number of pyridine rings is 1. The molecule has 0 radical (unpaired) electrons. The van der Waals surface area contributed by atoms with E-state index < -0.39 is 5.41 Å². The zero-order valence-corrected chi connectivity index (χ0v) is 13.4. The summed E-state index contributed by atoms with van der Waals surface area (Å²) in [5, 5.41) is 0.424. The molecule has 114 valence electrons. The zero-order valence-electron chi connectivity index (χ0n) is 12.7.